The van der Waals surface area contributed by atoms with Crippen molar-refractivity contribution in [3.8, 4) is 0 Å². The maximum Gasteiger partial charge on any atom is 0.413 e. The monoisotopic (exact) mass is 347 g/mol. The van der Waals surface area contributed by atoms with E-state index in [1.54, 1.807) is 18.3 Å². The fourth-order valence-electron chi connectivity index (χ4n) is 2.93. The van der Waals surface area contributed by atoms with E-state index in [0.29, 0.717) is 5.92 Å². The largest absolute Gasteiger partial charge is 0.450 e. The number of imide groups is 1. The molecule has 0 unspecified atom stereocenters. The zero-order chi connectivity index (χ0) is 16.9. The van der Waals surface area contributed by atoms with Gasteiger partial charge in [-0.25, -0.2) is 9.78 Å². The first kappa shape index (κ1) is 16.9. The molecule has 6 nitrogen and oxygen atoms in total. The van der Waals surface area contributed by atoms with Gasteiger partial charge in [0.15, 0.2) is 0 Å². The normalized spacial score (nSPS) is 16.2. The van der Waals surface area contributed by atoms with E-state index in [9.17, 15) is 9.59 Å². The molecule has 7 heteroatoms. The van der Waals surface area contributed by atoms with Crippen LogP contribution < -0.4 is 5.32 Å². The Morgan fingerprint density at radius 2 is 2.08 bits per heavy atom. The molecule has 24 heavy (non-hydrogen) atoms. The third-order valence-corrected chi connectivity index (χ3v) is 5.33. The predicted octanol–water partition coefficient (Wildman–Crippen LogP) is 2.75. The van der Waals surface area contributed by atoms with Gasteiger partial charge in [0.05, 0.1) is 28.4 Å². The molecule has 1 aromatic carbocycles. The number of carbonyl (C=O) groups excluding carboxylic acids is 2. The van der Waals surface area contributed by atoms with Crippen LogP contribution in [0.2, 0.25) is 0 Å². The van der Waals surface area contributed by atoms with E-state index >= 15 is 0 Å². The first-order chi connectivity index (χ1) is 11.7. The molecule has 3 rings (SSSR count). The molecule has 1 aliphatic rings. The van der Waals surface area contributed by atoms with Gasteiger partial charge in [0.25, 0.3) is 0 Å². The van der Waals surface area contributed by atoms with E-state index in [2.05, 4.69) is 16.3 Å². The van der Waals surface area contributed by atoms with Crippen molar-refractivity contribution in [1.82, 2.24) is 15.2 Å². The first-order valence-corrected chi connectivity index (χ1v) is 9.01. The number of carbonyl (C=O) groups is 2. The minimum Gasteiger partial charge on any atom is -0.450 e. The Morgan fingerprint density at radius 1 is 1.33 bits per heavy atom. The highest BCUT2D eigenvalue weighted by Crippen LogP contribution is 2.33. The lowest BCUT2D eigenvalue weighted by molar-refractivity contribution is -0.121. The Hall–Kier alpha value is -1.99. The van der Waals surface area contributed by atoms with Crippen LogP contribution in [0.3, 0.4) is 0 Å². The Morgan fingerprint density at radius 3 is 2.79 bits per heavy atom. The highest BCUT2D eigenvalue weighted by atomic mass is 32.1. The zero-order valence-corrected chi connectivity index (χ0v) is 14.5. The third-order valence-electron chi connectivity index (χ3n) is 4.13. The van der Waals surface area contributed by atoms with E-state index < -0.39 is 6.09 Å². The van der Waals surface area contributed by atoms with E-state index in [1.165, 1.54) is 9.71 Å². The molecule has 0 radical (unpaired) electrons. The van der Waals surface area contributed by atoms with Gasteiger partial charge in [-0.15, -0.1) is 11.3 Å². The number of piperidine rings is 1. The van der Waals surface area contributed by atoms with Crippen LogP contribution in [0.1, 0.15) is 30.7 Å². The number of amides is 2. The molecular weight excluding hydrogens is 326 g/mol. The van der Waals surface area contributed by atoms with Crippen LogP contribution in [0.4, 0.5) is 4.79 Å². The van der Waals surface area contributed by atoms with Gasteiger partial charge < -0.3 is 4.74 Å². The van der Waals surface area contributed by atoms with Crippen LogP contribution in [0.5, 0.6) is 0 Å². The third kappa shape index (κ3) is 4.10. The molecule has 1 saturated heterocycles. The van der Waals surface area contributed by atoms with Crippen molar-refractivity contribution in [3.05, 3.63) is 29.3 Å². The summed E-state index contributed by atoms with van der Waals surface area (Å²) >= 11 is 1.76. The van der Waals surface area contributed by atoms with Crippen molar-refractivity contribution >= 4 is 33.6 Å². The van der Waals surface area contributed by atoms with E-state index in [-0.39, 0.29) is 19.1 Å². The quantitative estimate of drug-likeness (QED) is 0.921. The maximum absolute atomic E-state index is 11.8. The Bertz CT molecular complexity index is 690. The van der Waals surface area contributed by atoms with Crippen LogP contribution in [0.25, 0.3) is 10.2 Å². The molecule has 1 aliphatic heterocycles. The average Bonchev–Trinajstić information content (AvgIpc) is 2.99. The fourth-order valence-corrected chi connectivity index (χ4v) is 4.06. The molecule has 1 aromatic heterocycles. The molecule has 0 aliphatic carbocycles. The summed E-state index contributed by atoms with van der Waals surface area (Å²) in [5.74, 6) is 0.138. The Labute approximate surface area is 144 Å². The number of rotatable bonds is 4. The number of benzene rings is 1. The number of hydrogen-bond donors (Lipinski definition) is 1. The standard InChI is InChI=1S/C17H21N3O3S/c1-2-23-17(22)19-15(21)11-20-9-7-12(8-10-20)16-18-13-5-3-4-6-14(13)24-16/h3-6,12H,2,7-11H2,1H3,(H,19,21,22). The number of aromatic nitrogens is 1. The van der Waals surface area contributed by atoms with Gasteiger partial charge in [-0.05, 0) is 45.0 Å². The summed E-state index contributed by atoms with van der Waals surface area (Å²) < 4.78 is 5.93. The highest BCUT2D eigenvalue weighted by molar-refractivity contribution is 7.18. The van der Waals surface area contributed by atoms with Gasteiger partial charge in [-0.2, -0.15) is 0 Å². The molecule has 128 valence electrons. The van der Waals surface area contributed by atoms with Crippen molar-refractivity contribution in [3.63, 3.8) is 0 Å². The van der Waals surface area contributed by atoms with Crippen molar-refractivity contribution in [2.45, 2.75) is 25.7 Å². The summed E-state index contributed by atoms with van der Waals surface area (Å²) in [5.41, 5.74) is 1.06. The summed E-state index contributed by atoms with van der Waals surface area (Å²) in [6.07, 6.45) is 1.28. The lowest BCUT2D eigenvalue weighted by Gasteiger charge is -2.30. The minimum absolute atomic E-state index is 0.228. The molecule has 0 spiro atoms. The lowest BCUT2D eigenvalue weighted by atomic mass is 9.97. The second-order valence-electron chi connectivity index (χ2n) is 5.84. The van der Waals surface area contributed by atoms with Gasteiger partial charge in [0, 0.05) is 5.92 Å². The first-order valence-electron chi connectivity index (χ1n) is 8.20. The number of alkyl carbamates (subject to hydrolysis) is 1. The van der Waals surface area contributed by atoms with Gasteiger partial charge in [-0.1, -0.05) is 12.1 Å². The van der Waals surface area contributed by atoms with E-state index in [0.717, 1.165) is 31.4 Å². The number of hydrogen-bond acceptors (Lipinski definition) is 6. The summed E-state index contributed by atoms with van der Waals surface area (Å²) in [4.78, 5) is 29.8. The van der Waals surface area contributed by atoms with Crippen LogP contribution in [0, 0.1) is 0 Å². The summed E-state index contributed by atoms with van der Waals surface area (Å²) in [5, 5.41) is 3.42. The second kappa shape index (κ2) is 7.72. The van der Waals surface area contributed by atoms with Crippen LogP contribution in [-0.2, 0) is 9.53 Å². The van der Waals surface area contributed by atoms with E-state index in [4.69, 9.17) is 9.72 Å². The summed E-state index contributed by atoms with van der Waals surface area (Å²) in [6, 6.07) is 8.20. The molecule has 2 heterocycles. The number of thiazole rings is 1. The SMILES string of the molecule is CCOC(=O)NC(=O)CN1CCC(c2nc3ccccc3s2)CC1. The van der Waals surface area contributed by atoms with Gasteiger partial charge >= 0.3 is 6.09 Å². The second-order valence-corrected chi connectivity index (χ2v) is 6.90. The van der Waals surface area contributed by atoms with Crippen molar-refractivity contribution in [1.29, 1.82) is 0 Å². The lowest BCUT2D eigenvalue weighted by Crippen LogP contribution is -2.43. The van der Waals surface area contributed by atoms with Crippen LogP contribution >= 0.6 is 11.3 Å². The van der Waals surface area contributed by atoms with Gasteiger partial charge in [0.1, 0.15) is 0 Å². The summed E-state index contributed by atoms with van der Waals surface area (Å²) in [7, 11) is 0. The van der Waals surface area contributed by atoms with Crippen LogP contribution in [-0.4, -0.2) is 48.1 Å². The minimum atomic E-state index is -0.674. The molecular formula is C17H21N3O3S. The summed E-state index contributed by atoms with van der Waals surface area (Å²) in [6.45, 7) is 3.85. The number of likely N-dealkylation sites (tertiary alicyclic amines) is 1. The predicted molar refractivity (Wildman–Crippen MR) is 93.2 cm³/mol. The molecule has 2 aromatic rings. The number of nitrogens with one attached hydrogen (secondary N) is 1. The van der Waals surface area contributed by atoms with Crippen molar-refractivity contribution < 1.29 is 14.3 Å². The Balaban J connectivity index is 1.50. The van der Waals surface area contributed by atoms with Gasteiger partial charge in [-0.3, -0.25) is 15.0 Å². The highest BCUT2D eigenvalue weighted by Gasteiger charge is 2.24. The number of fused-ring (bicyclic) bond motifs is 1. The molecule has 0 saturated carbocycles. The van der Waals surface area contributed by atoms with Crippen molar-refractivity contribution in [2.75, 3.05) is 26.2 Å². The topological polar surface area (TPSA) is 71.5 Å². The molecule has 1 fully saturated rings. The smallest absolute Gasteiger partial charge is 0.413 e. The average molecular weight is 347 g/mol. The van der Waals surface area contributed by atoms with Gasteiger partial charge in [0.2, 0.25) is 5.91 Å². The zero-order valence-electron chi connectivity index (χ0n) is 13.7. The number of nitrogens with zero attached hydrogens (tertiary/aromatic N) is 2. The number of ether oxygens (including phenoxy) is 1. The van der Waals surface area contributed by atoms with E-state index in [1.807, 2.05) is 18.2 Å². The fraction of sp³-hybridized carbons (Fsp3) is 0.471. The number of para-hydroxylation sites is 1. The van der Waals surface area contributed by atoms with Crippen LogP contribution in [0.15, 0.2) is 24.3 Å². The maximum atomic E-state index is 11.8. The molecule has 1 N–H and O–H groups in total. The molecule has 2 amide bonds. The molecule has 0 atom stereocenters. The molecule has 0 bridgehead atoms. The van der Waals surface area contributed by atoms with Crippen molar-refractivity contribution in [2.24, 2.45) is 0 Å². The Kier molecular flexibility index (Phi) is 5.42.